The molecule has 2 aromatic carbocycles. The lowest BCUT2D eigenvalue weighted by Gasteiger charge is -2.28. The molecule has 0 aliphatic rings. The number of esters is 1. The molecule has 3 amide bonds. The summed E-state index contributed by atoms with van der Waals surface area (Å²) in [5.74, 6) is -0.665. The van der Waals surface area contributed by atoms with Crippen LogP contribution in [0.3, 0.4) is 0 Å². The maximum absolute atomic E-state index is 12.6. The number of ether oxygens (including phenoxy) is 2. The number of rotatable bonds is 6. The van der Waals surface area contributed by atoms with E-state index in [0.717, 1.165) is 21.1 Å². The van der Waals surface area contributed by atoms with Gasteiger partial charge in [0.2, 0.25) is 6.10 Å². The van der Waals surface area contributed by atoms with Crippen LogP contribution in [0.5, 0.6) is 0 Å². The van der Waals surface area contributed by atoms with E-state index in [0.29, 0.717) is 0 Å². The second-order valence-electron chi connectivity index (χ2n) is 6.26. The number of urea groups is 1. The summed E-state index contributed by atoms with van der Waals surface area (Å²) in [6.45, 7) is 0.0660. The van der Waals surface area contributed by atoms with Crippen molar-refractivity contribution in [2.45, 2.75) is 19.1 Å². The molecule has 1 atom stereocenters. The Morgan fingerprint density at radius 3 is 2.00 bits per heavy atom. The fourth-order valence-corrected chi connectivity index (χ4v) is 2.44. The molecule has 0 fully saturated rings. The third kappa shape index (κ3) is 6.53. The smallest absolute Gasteiger partial charge is 0.429 e. The number of hydrogen-bond donors (Lipinski definition) is 1. The summed E-state index contributed by atoms with van der Waals surface area (Å²) >= 11 is 0. The lowest BCUT2D eigenvalue weighted by Crippen LogP contribution is -2.49. The van der Waals surface area contributed by atoms with Crippen LogP contribution >= 0.6 is 0 Å². The molecule has 2 aromatic rings. The lowest BCUT2D eigenvalue weighted by molar-refractivity contribution is -0.156. The standard InChI is InChI=1S/C21H25N3O5/c1-22-20(26)23(2)24(3)21(27)29-18(14-16-10-6-4-7-11-16)19(25)28-15-17-12-8-5-9-13-17/h4-13,18H,14-15H2,1-3H3,(H,22,26). The van der Waals surface area contributed by atoms with Crippen molar-refractivity contribution in [1.29, 1.82) is 0 Å². The molecule has 8 heteroatoms. The second kappa shape index (κ2) is 10.7. The average Bonchev–Trinajstić information content (AvgIpc) is 2.76. The van der Waals surface area contributed by atoms with E-state index in [9.17, 15) is 14.4 Å². The van der Waals surface area contributed by atoms with Gasteiger partial charge in [-0.1, -0.05) is 60.7 Å². The Hall–Kier alpha value is -3.55. The number of hydrazine groups is 1. The lowest BCUT2D eigenvalue weighted by atomic mass is 10.1. The van der Waals surface area contributed by atoms with Crippen LogP contribution in [0.15, 0.2) is 60.7 Å². The zero-order valence-electron chi connectivity index (χ0n) is 16.7. The highest BCUT2D eigenvalue weighted by Gasteiger charge is 2.29. The van der Waals surface area contributed by atoms with Crippen molar-refractivity contribution in [3.8, 4) is 0 Å². The minimum Gasteiger partial charge on any atom is -0.458 e. The maximum atomic E-state index is 12.6. The van der Waals surface area contributed by atoms with E-state index < -0.39 is 24.2 Å². The quantitative estimate of drug-likeness (QED) is 0.596. The number of hydrogen-bond acceptors (Lipinski definition) is 5. The topological polar surface area (TPSA) is 88.2 Å². The van der Waals surface area contributed by atoms with Gasteiger partial charge in [-0.2, -0.15) is 0 Å². The van der Waals surface area contributed by atoms with E-state index in [2.05, 4.69) is 5.32 Å². The van der Waals surface area contributed by atoms with Gasteiger partial charge in [0.1, 0.15) is 6.61 Å². The molecule has 0 bridgehead atoms. The van der Waals surface area contributed by atoms with Gasteiger partial charge in [0.05, 0.1) is 0 Å². The Bertz CT molecular complexity index is 814. The molecule has 0 saturated carbocycles. The molecule has 0 spiro atoms. The number of nitrogens with zero attached hydrogens (tertiary/aromatic N) is 2. The van der Waals surface area contributed by atoms with Crippen LogP contribution in [-0.2, 0) is 27.3 Å². The third-order valence-electron chi connectivity index (χ3n) is 4.22. The van der Waals surface area contributed by atoms with Gasteiger partial charge in [-0.05, 0) is 11.1 Å². The highest BCUT2D eigenvalue weighted by molar-refractivity contribution is 5.81. The molecule has 8 nitrogen and oxygen atoms in total. The second-order valence-corrected chi connectivity index (χ2v) is 6.26. The van der Waals surface area contributed by atoms with Crippen LogP contribution in [0.2, 0.25) is 0 Å². The largest absolute Gasteiger partial charge is 0.458 e. The van der Waals surface area contributed by atoms with Crippen LogP contribution in [0.25, 0.3) is 0 Å². The number of nitrogens with one attached hydrogen (secondary N) is 1. The van der Waals surface area contributed by atoms with Gasteiger partial charge in [0, 0.05) is 27.6 Å². The first-order valence-electron chi connectivity index (χ1n) is 9.06. The Kier molecular flexibility index (Phi) is 8.02. The van der Waals surface area contributed by atoms with Gasteiger partial charge in [-0.3, -0.25) is 0 Å². The van der Waals surface area contributed by atoms with E-state index in [1.165, 1.54) is 21.1 Å². The molecule has 0 heterocycles. The SMILES string of the molecule is CNC(=O)N(C)N(C)C(=O)OC(Cc1ccccc1)C(=O)OCc1ccccc1. The molecular formula is C21H25N3O5. The summed E-state index contributed by atoms with van der Waals surface area (Å²) in [6, 6.07) is 17.9. The highest BCUT2D eigenvalue weighted by atomic mass is 16.6. The monoisotopic (exact) mass is 399 g/mol. The normalized spacial score (nSPS) is 11.1. The Balaban J connectivity index is 2.08. The van der Waals surface area contributed by atoms with E-state index in [4.69, 9.17) is 9.47 Å². The van der Waals surface area contributed by atoms with Gasteiger partial charge in [0.25, 0.3) is 0 Å². The third-order valence-corrected chi connectivity index (χ3v) is 4.22. The van der Waals surface area contributed by atoms with Crippen molar-refractivity contribution in [1.82, 2.24) is 15.3 Å². The minimum atomic E-state index is -1.16. The number of carbonyl (C=O) groups is 3. The number of benzene rings is 2. The Morgan fingerprint density at radius 2 is 1.45 bits per heavy atom. The van der Waals surface area contributed by atoms with Crippen molar-refractivity contribution in [3.63, 3.8) is 0 Å². The fraction of sp³-hybridized carbons (Fsp3) is 0.286. The number of amides is 3. The van der Waals surface area contributed by atoms with Crippen molar-refractivity contribution < 1.29 is 23.9 Å². The molecule has 0 aliphatic carbocycles. The Morgan fingerprint density at radius 1 is 0.897 bits per heavy atom. The van der Waals surface area contributed by atoms with Crippen LogP contribution in [0.1, 0.15) is 11.1 Å². The Labute approximate surface area is 170 Å². The molecule has 0 aromatic heterocycles. The van der Waals surface area contributed by atoms with E-state index >= 15 is 0 Å². The minimum absolute atomic E-state index is 0.0660. The van der Waals surface area contributed by atoms with Crippen LogP contribution in [0.4, 0.5) is 9.59 Å². The average molecular weight is 399 g/mol. The molecular weight excluding hydrogens is 374 g/mol. The van der Waals surface area contributed by atoms with E-state index in [1.54, 1.807) is 0 Å². The summed E-state index contributed by atoms with van der Waals surface area (Å²) in [6.07, 6.45) is -1.86. The van der Waals surface area contributed by atoms with Gasteiger partial charge < -0.3 is 14.8 Å². The van der Waals surface area contributed by atoms with Crippen LogP contribution < -0.4 is 5.32 Å². The molecule has 1 N–H and O–H groups in total. The summed E-state index contributed by atoms with van der Waals surface area (Å²) in [5.41, 5.74) is 1.63. The molecule has 29 heavy (non-hydrogen) atoms. The summed E-state index contributed by atoms with van der Waals surface area (Å²) < 4.78 is 10.7. The van der Waals surface area contributed by atoms with Crippen molar-refractivity contribution in [2.24, 2.45) is 0 Å². The predicted octanol–water partition coefficient (Wildman–Crippen LogP) is 2.60. The van der Waals surface area contributed by atoms with Crippen LogP contribution in [-0.4, -0.2) is 55.4 Å². The molecule has 154 valence electrons. The van der Waals surface area contributed by atoms with Gasteiger partial charge in [-0.15, -0.1) is 0 Å². The molecule has 0 aliphatic heterocycles. The maximum Gasteiger partial charge on any atom is 0.429 e. The predicted molar refractivity (Wildman–Crippen MR) is 107 cm³/mol. The van der Waals surface area contributed by atoms with Crippen LogP contribution in [0, 0.1) is 0 Å². The summed E-state index contributed by atoms with van der Waals surface area (Å²) in [5, 5.41) is 4.41. The summed E-state index contributed by atoms with van der Waals surface area (Å²) in [4.78, 5) is 36.8. The van der Waals surface area contributed by atoms with E-state index in [1.807, 2.05) is 60.7 Å². The molecule has 2 rings (SSSR count). The van der Waals surface area contributed by atoms with Crippen molar-refractivity contribution in [3.05, 3.63) is 71.8 Å². The van der Waals surface area contributed by atoms with Gasteiger partial charge in [0.15, 0.2) is 0 Å². The molecule has 1 unspecified atom stereocenters. The first-order valence-corrected chi connectivity index (χ1v) is 9.06. The van der Waals surface area contributed by atoms with Crippen molar-refractivity contribution in [2.75, 3.05) is 21.1 Å². The summed E-state index contributed by atoms with van der Waals surface area (Å²) in [7, 11) is 4.21. The van der Waals surface area contributed by atoms with E-state index in [-0.39, 0.29) is 13.0 Å². The zero-order valence-corrected chi connectivity index (χ0v) is 16.7. The fourth-order valence-electron chi connectivity index (χ4n) is 2.44. The van der Waals surface area contributed by atoms with Gasteiger partial charge in [-0.25, -0.2) is 24.4 Å². The van der Waals surface area contributed by atoms with Gasteiger partial charge >= 0.3 is 18.1 Å². The number of carbonyl (C=O) groups excluding carboxylic acids is 3. The first-order chi connectivity index (χ1) is 13.9. The van der Waals surface area contributed by atoms with Crippen molar-refractivity contribution >= 4 is 18.1 Å². The molecule has 0 radical (unpaired) electrons. The zero-order chi connectivity index (χ0) is 21.2. The highest BCUT2D eigenvalue weighted by Crippen LogP contribution is 2.12. The molecule has 0 saturated heterocycles. The first kappa shape index (κ1) is 21.7.